The number of hydrogen-bond donors (Lipinski definition) is 3. The minimum Gasteiger partial charge on any atom is -0.504 e. The molecule has 0 bridgehead atoms. The predicted molar refractivity (Wildman–Crippen MR) is 181 cm³/mol. The Kier molecular flexibility index (Phi) is 10.5. The highest BCUT2D eigenvalue weighted by Crippen LogP contribution is 2.36. The van der Waals surface area contributed by atoms with Gasteiger partial charge in [-0.3, -0.25) is 14.5 Å². The molecule has 47 heavy (non-hydrogen) atoms. The zero-order valence-electron chi connectivity index (χ0n) is 24.5. The van der Waals surface area contributed by atoms with Gasteiger partial charge in [0.05, 0.1) is 35.9 Å². The third kappa shape index (κ3) is 8.68. The fourth-order valence-corrected chi connectivity index (χ4v) is 5.99. The van der Waals surface area contributed by atoms with E-state index in [-0.39, 0.29) is 35.5 Å². The van der Waals surface area contributed by atoms with E-state index in [0.29, 0.717) is 42.9 Å². The van der Waals surface area contributed by atoms with E-state index in [9.17, 15) is 23.1 Å². The molecule has 0 aliphatic carbocycles. The Morgan fingerprint density at radius 3 is 2.62 bits per heavy atom. The molecule has 2 heterocycles. The lowest BCUT2D eigenvalue weighted by atomic mass is 10.2. The average molecular weight is 741 g/mol. The van der Waals surface area contributed by atoms with Crippen molar-refractivity contribution in [1.82, 2.24) is 4.90 Å². The number of ether oxygens (including phenoxy) is 2. The van der Waals surface area contributed by atoms with Crippen LogP contribution in [0.5, 0.6) is 17.2 Å². The number of thioether (sulfide) groups is 1. The lowest BCUT2D eigenvalue weighted by molar-refractivity contribution is -0.122. The van der Waals surface area contributed by atoms with Gasteiger partial charge in [0.15, 0.2) is 23.3 Å². The zero-order chi connectivity index (χ0) is 33.6. The number of methoxy groups -OCH3 is 1. The Balaban J connectivity index is 1.35. The third-order valence-corrected chi connectivity index (χ3v) is 8.84. The molecule has 1 aliphatic heterocycles. The summed E-state index contributed by atoms with van der Waals surface area (Å²) in [5, 5.41) is 26.3. The van der Waals surface area contributed by atoms with Crippen LogP contribution in [0.15, 0.2) is 108 Å². The second kappa shape index (κ2) is 14.7. The van der Waals surface area contributed by atoms with Crippen molar-refractivity contribution in [3.63, 3.8) is 0 Å². The number of aromatic hydroxyl groups is 1. The summed E-state index contributed by atoms with van der Waals surface area (Å²) in [6, 6.07) is 18.7. The molecule has 0 saturated carbocycles. The molecular weight excluding hydrogens is 714 g/mol. The number of benzene rings is 3. The molecule has 0 spiro atoms. The number of hydrogen-bond acceptors (Lipinski definition) is 11. The summed E-state index contributed by atoms with van der Waals surface area (Å²) < 4.78 is 40.1. The Labute approximate surface area is 281 Å². The van der Waals surface area contributed by atoms with Crippen molar-refractivity contribution in [2.24, 2.45) is 15.3 Å². The largest absolute Gasteiger partial charge is 0.504 e. The van der Waals surface area contributed by atoms with Crippen LogP contribution in [0.3, 0.4) is 0 Å². The summed E-state index contributed by atoms with van der Waals surface area (Å²) in [6.07, 6.45) is 4.60. The van der Waals surface area contributed by atoms with Gasteiger partial charge in [-0.05, 0) is 96.2 Å². The van der Waals surface area contributed by atoms with Crippen molar-refractivity contribution in [2.75, 3.05) is 19.0 Å². The van der Waals surface area contributed by atoms with Crippen LogP contribution in [0.25, 0.3) is 6.08 Å². The number of carbonyl (C=O) groups excluding carboxylic acids is 2. The summed E-state index contributed by atoms with van der Waals surface area (Å²) in [6.45, 7) is -0.262. The number of halogens is 1. The van der Waals surface area contributed by atoms with Crippen molar-refractivity contribution in [3.8, 4) is 17.2 Å². The standard InChI is InChI=1S/C31H26BrN5O8S2/c1-43-27-13-19(4-10-25(27)38)16-34-36-31-37(17-23-3-2-12-44-23)30(40)28(46-31)15-20-14-21(32)5-11-26(20)45-18-29(39)35-22-6-8-24(9-7-22)47(33,41)42/h2-16,38H,17-18H2,1H3,(H,35,39)(H2,33,41,42)/b28-15-,34-16+,36-31-. The van der Waals surface area contributed by atoms with E-state index in [0.717, 1.165) is 11.8 Å². The first-order valence-corrected chi connectivity index (χ1v) is 16.7. The van der Waals surface area contributed by atoms with Crippen molar-refractivity contribution < 1.29 is 37.0 Å². The number of furan rings is 1. The van der Waals surface area contributed by atoms with Crippen LogP contribution >= 0.6 is 27.7 Å². The van der Waals surface area contributed by atoms with Crippen LogP contribution in [0.2, 0.25) is 0 Å². The Bertz CT molecular complexity index is 2000. The van der Waals surface area contributed by atoms with Crippen molar-refractivity contribution in [2.45, 2.75) is 11.4 Å². The number of sulfonamides is 1. The van der Waals surface area contributed by atoms with Gasteiger partial charge in [0.25, 0.3) is 11.8 Å². The molecule has 0 atom stereocenters. The summed E-state index contributed by atoms with van der Waals surface area (Å²) in [4.78, 5) is 27.9. The first-order valence-electron chi connectivity index (χ1n) is 13.6. The SMILES string of the molecule is COc1cc(/C=N/N=C2\S/C(=C\c3cc(Br)ccc3OCC(=O)Nc3ccc(S(N)(=O)=O)cc3)C(=O)N2Cc2ccco2)ccc1O. The van der Waals surface area contributed by atoms with Gasteiger partial charge < -0.3 is 24.3 Å². The molecule has 13 nitrogen and oxygen atoms in total. The number of phenols is 1. The minimum atomic E-state index is -3.86. The topological polar surface area (TPSA) is 186 Å². The predicted octanol–water partition coefficient (Wildman–Crippen LogP) is 4.93. The molecule has 2 amide bonds. The number of rotatable bonds is 11. The maximum absolute atomic E-state index is 13.6. The third-order valence-electron chi connectivity index (χ3n) is 6.42. The molecule has 1 fully saturated rings. The number of primary sulfonamides is 1. The molecule has 1 aromatic heterocycles. The molecule has 1 saturated heterocycles. The van der Waals surface area contributed by atoms with Crippen LogP contribution in [0.1, 0.15) is 16.9 Å². The number of phenolic OH excluding ortho intramolecular Hbond substituents is 1. The molecule has 0 radical (unpaired) electrons. The van der Waals surface area contributed by atoms with Crippen molar-refractivity contribution in [3.05, 3.63) is 105 Å². The van der Waals surface area contributed by atoms with Crippen LogP contribution < -0.4 is 19.9 Å². The van der Waals surface area contributed by atoms with Gasteiger partial charge in [-0.1, -0.05) is 15.9 Å². The second-order valence-corrected chi connectivity index (χ2v) is 13.2. The molecule has 4 N–H and O–H groups in total. The first kappa shape index (κ1) is 33.5. The summed E-state index contributed by atoms with van der Waals surface area (Å²) in [5.74, 6) is 0.289. The number of carbonyl (C=O) groups is 2. The van der Waals surface area contributed by atoms with Crippen molar-refractivity contribution in [1.29, 1.82) is 0 Å². The maximum Gasteiger partial charge on any atom is 0.267 e. The van der Waals surface area contributed by atoms with Crippen LogP contribution in [0.4, 0.5) is 5.69 Å². The molecule has 5 rings (SSSR count). The van der Waals surface area contributed by atoms with Gasteiger partial charge in [-0.2, -0.15) is 5.10 Å². The number of nitrogens with two attached hydrogens (primary N) is 1. The number of amidine groups is 1. The molecular formula is C31H26BrN5O8S2. The highest BCUT2D eigenvalue weighted by Gasteiger charge is 2.34. The highest BCUT2D eigenvalue weighted by atomic mass is 79.9. The number of amides is 2. The van der Waals surface area contributed by atoms with Gasteiger partial charge in [-0.15, -0.1) is 5.10 Å². The van der Waals surface area contributed by atoms with Crippen LogP contribution in [0, 0.1) is 0 Å². The van der Waals surface area contributed by atoms with Gasteiger partial charge in [0.1, 0.15) is 11.5 Å². The number of nitrogens with one attached hydrogen (secondary N) is 1. The summed E-state index contributed by atoms with van der Waals surface area (Å²) in [7, 11) is -2.42. The molecule has 0 unspecified atom stereocenters. The van der Waals surface area contributed by atoms with Crippen LogP contribution in [-0.2, 0) is 26.2 Å². The lowest BCUT2D eigenvalue weighted by Crippen LogP contribution is -2.28. The Hall–Kier alpha value is -4.90. The first-order chi connectivity index (χ1) is 22.5. The molecule has 242 valence electrons. The maximum atomic E-state index is 13.6. The smallest absolute Gasteiger partial charge is 0.267 e. The van der Waals surface area contributed by atoms with E-state index in [1.165, 1.54) is 54.8 Å². The minimum absolute atomic E-state index is 0.0130. The van der Waals surface area contributed by atoms with Crippen LogP contribution in [-0.4, -0.2) is 55.3 Å². The molecule has 16 heteroatoms. The second-order valence-electron chi connectivity index (χ2n) is 9.73. The van der Waals surface area contributed by atoms with E-state index >= 15 is 0 Å². The highest BCUT2D eigenvalue weighted by molar-refractivity contribution is 9.10. The van der Waals surface area contributed by atoms with Gasteiger partial charge in [-0.25, -0.2) is 13.6 Å². The van der Waals surface area contributed by atoms with Gasteiger partial charge in [0, 0.05) is 15.7 Å². The fraction of sp³-hybridized carbons (Fsp3) is 0.0968. The van der Waals surface area contributed by atoms with E-state index in [2.05, 4.69) is 31.4 Å². The Morgan fingerprint density at radius 1 is 1.13 bits per heavy atom. The average Bonchev–Trinajstić information content (AvgIpc) is 3.65. The quantitative estimate of drug-likeness (QED) is 0.109. The van der Waals surface area contributed by atoms with E-state index in [4.69, 9.17) is 19.0 Å². The number of anilines is 1. The molecule has 4 aromatic rings. The van der Waals surface area contributed by atoms with E-state index in [1.54, 1.807) is 48.5 Å². The summed E-state index contributed by atoms with van der Waals surface area (Å²) in [5.41, 5.74) is 1.49. The molecule has 1 aliphatic rings. The van der Waals surface area contributed by atoms with E-state index in [1.807, 2.05) is 0 Å². The lowest BCUT2D eigenvalue weighted by Gasteiger charge is -2.13. The molecule has 3 aromatic carbocycles. The number of nitrogens with zero attached hydrogens (tertiary/aromatic N) is 3. The van der Waals surface area contributed by atoms with E-state index < -0.39 is 15.9 Å². The summed E-state index contributed by atoms with van der Waals surface area (Å²) >= 11 is 4.54. The zero-order valence-corrected chi connectivity index (χ0v) is 27.7. The fourth-order valence-electron chi connectivity index (χ4n) is 4.17. The normalized spacial score (nSPS) is 15.1. The Morgan fingerprint density at radius 2 is 1.91 bits per heavy atom. The van der Waals surface area contributed by atoms with Crippen molar-refractivity contribution >= 4 is 72.7 Å². The van der Waals surface area contributed by atoms with Gasteiger partial charge in [0.2, 0.25) is 10.0 Å². The monoisotopic (exact) mass is 739 g/mol. The van der Waals surface area contributed by atoms with Gasteiger partial charge >= 0.3 is 0 Å².